The lowest BCUT2D eigenvalue weighted by Gasteiger charge is -2.57. The van der Waals surface area contributed by atoms with E-state index in [1.165, 1.54) is 12.8 Å². The van der Waals surface area contributed by atoms with Gasteiger partial charge in [-0.1, -0.05) is 19.9 Å². The zero-order valence-electron chi connectivity index (χ0n) is 13.4. The van der Waals surface area contributed by atoms with Gasteiger partial charge < -0.3 is 10.0 Å². The number of hydrogen-bond donors (Lipinski definition) is 1. The van der Waals surface area contributed by atoms with Crippen molar-refractivity contribution < 1.29 is 9.90 Å². The number of amides is 1. The maximum atomic E-state index is 12.8. The number of nitriles is 1. The van der Waals surface area contributed by atoms with E-state index < -0.39 is 6.10 Å². The zero-order chi connectivity index (χ0) is 15.9. The highest BCUT2D eigenvalue weighted by molar-refractivity contribution is 5.79. The van der Waals surface area contributed by atoms with E-state index in [-0.39, 0.29) is 23.1 Å². The van der Waals surface area contributed by atoms with Crippen LogP contribution in [0.25, 0.3) is 0 Å². The van der Waals surface area contributed by atoms with Crippen LogP contribution in [0, 0.1) is 23.2 Å². The van der Waals surface area contributed by atoms with Crippen molar-refractivity contribution in [1.82, 2.24) is 4.90 Å². The van der Waals surface area contributed by atoms with Gasteiger partial charge in [0, 0.05) is 18.0 Å². The third-order valence-corrected chi connectivity index (χ3v) is 6.30. The molecule has 1 amide bonds. The fraction of sp³-hybridized carbons (Fsp3) is 0.778. The van der Waals surface area contributed by atoms with Crippen LogP contribution in [0.2, 0.25) is 0 Å². The first kappa shape index (κ1) is 15.6. The molecule has 3 fully saturated rings. The molecule has 1 saturated carbocycles. The molecule has 0 aromatic carbocycles. The molecule has 2 aliphatic heterocycles. The summed E-state index contributed by atoms with van der Waals surface area (Å²) >= 11 is 0. The summed E-state index contributed by atoms with van der Waals surface area (Å²) in [5.74, 6) is 1.35. The molecule has 5 atom stereocenters. The normalized spacial score (nSPS) is 38.9. The molecule has 0 aromatic heterocycles. The molecular weight excluding hydrogens is 276 g/mol. The topological polar surface area (TPSA) is 64.3 Å². The molecule has 0 aromatic rings. The molecule has 0 radical (unpaired) electrons. The Bertz CT molecular complexity index is 524. The predicted molar refractivity (Wildman–Crippen MR) is 83.7 cm³/mol. The molecule has 1 aliphatic carbocycles. The Labute approximate surface area is 132 Å². The molecule has 2 saturated heterocycles. The summed E-state index contributed by atoms with van der Waals surface area (Å²) in [6, 6.07) is 2.01. The number of carbonyl (C=O) groups is 1. The van der Waals surface area contributed by atoms with Crippen LogP contribution in [0.4, 0.5) is 0 Å². The van der Waals surface area contributed by atoms with Gasteiger partial charge in [0.15, 0.2) is 0 Å². The summed E-state index contributed by atoms with van der Waals surface area (Å²) in [6.07, 6.45) is 6.98. The summed E-state index contributed by atoms with van der Waals surface area (Å²) in [7, 11) is 0. The van der Waals surface area contributed by atoms with E-state index in [1.807, 2.05) is 6.07 Å². The number of rotatable bonds is 3. The lowest BCUT2D eigenvalue weighted by Crippen LogP contribution is -2.65. The molecule has 4 nitrogen and oxygen atoms in total. The second-order valence-corrected chi connectivity index (χ2v) is 7.48. The smallest absolute Gasteiger partial charge is 0.223 e. The van der Waals surface area contributed by atoms with Gasteiger partial charge in [-0.05, 0) is 50.4 Å². The van der Waals surface area contributed by atoms with Crippen LogP contribution in [0.1, 0.15) is 58.3 Å². The Morgan fingerprint density at radius 1 is 1.50 bits per heavy atom. The van der Waals surface area contributed by atoms with Crippen LogP contribution < -0.4 is 0 Å². The fourth-order valence-electron chi connectivity index (χ4n) is 5.43. The van der Waals surface area contributed by atoms with Crippen molar-refractivity contribution in [2.45, 2.75) is 76.0 Å². The van der Waals surface area contributed by atoms with Crippen LogP contribution in [-0.4, -0.2) is 33.6 Å². The number of nitrogens with zero attached hydrogens (tertiary/aromatic N) is 2. The summed E-state index contributed by atoms with van der Waals surface area (Å²) in [5, 5.41) is 19.1. The van der Waals surface area contributed by atoms with Gasteiger partial charge in [-0.15, -0.1) is 0 Å². The Morgan fingerprint density at radius 3 is 2.86 bits per heavy atom. The van der Waals surface area contributed by atoms with E-state index in [1.54, 1.807) is 0 Å². The second kappa shape index (κ2) is 5.70. The van der Waals surface area contributed by atoms with Gasteiger partial charge in [0.05, 0.1) is 17.7 Å². The Balaban J connectivity index is 1.86. The van der Waals surface area contributed by atoms with Crippen molar-refractivity contribution in [2.24, 2.45) is 11.8 Å². The highest BCUT2D eigenvalue weighted by Gasteiger charge is 2.57. The van der Waals surface area contributed by atoms with Gasteiger partial charge in [0.1, 0.15) is 0 Å². The fourth-order valence-corrected chi connectivity index (χ4v) is 5.43. The van der Waals surface area contributed by atoms with Crippen LogP contribution in [0.5, 0.6) is 0 Å². The molecule has 4 heteroatoms. The average Bonchev–Trinajstić information content (AvgIpc) is 2.90. The molecule has 1 unspecified atom stereocenters. The highest BCUT2D eigenvalue weighted by atomic mass is 16.3. The van der Waals surface area contributed by atoms with Crippen LogP contribution in [0.3, 0.4) is 0 Å². The van der Waals surface area contributed by atoms with Crippen molar-refractivity contribution in [3.8, 4) is 6.07 Å². The molecule has 3 rings (SSSR count). The number of aliphatic hydroxyl groups excluding tert-OH is 1. The summed E-state index contributed by atoms with van der Waals surface area (Å²) in [4.78, 5) is 14.9. The van der Waals surface area contributed by atoms with Gasteiger partial charge in [-0.25, -0.2) is 0 Å². The van der Waals surface area contributed by atoms with E-state index in [0.29, 0.717) is 24.7 Å². The molecule has 1 spiro atoms. The predicted octanol–water partition coefficient (Wildman–Crippen LogP) is 2.78. The standard InChI is InChI=1S/C18H26N2O2/c1-12-9-17(22)20-14(10-16(21)13(2)11-19)5-3-7-18(20)8-4-6-15(12)18/h12,14-16,21H,2-10H2,1H3/t12-,14+,15+,16?,18+/m0/s1. The van der Waals surface area contributed by atoms with Crippen molar-refractivity contribution in [2.75, 3.05) is 0 Å². The summed E-state index contributed by atoms with van der Waals surface area (Å²) < 4.78 is 0. The van der Waals surface area contributed by atoms with Gasteiger partial charge in [0.2, 0.25) is 5.91 Å². The van der Waals surface area contributed by atoms with Gasteiger partial charge in [0.25, 0.3) is 0 Å². The SMILES string of the molecule is C=C(C#N)C(O)C[C@H]1CCC[C@@]23CCC[C@@H]2[C@@H](C)CC(=O)N13. The number of hydrogen-bond acceptors (Lipinski definition) is 3. The molecular formula is C18H26N2O2. The summed E-state index contributed by atoms with van der Waals surface area (Å²) in [6.45, 7) is 5.85. The van der Waals surface area contributed by atoms with E-state index in [9.17, 15) is 9.90 Å². The van der Waals surface area contributed by atoms with Crippen molar-refractivity contribution in [1.29, 1.82) is 5.26 Å². The zero-order valence-corrected chi connectivity index (χ0v) is 13.4. The molecule has 0 bridgehead atoms. The molecule has 120 valence electrons. The Hall–Kier alpha value is -1.34. The lowest BCUT2D eigenvalue weighted by molar-refractivity contribution is -0.160. The Kier molecular flexibility index (Phi) is 4.03. The van der Waals surface area contributed by atoms with E-state index in [4.69, 9.17) is 5.26 Å². The maximum Gasteiger partial charge on any atom is 0.223 e. The second-order valence-electron chi connectivity index (χ2n) is 7.48. The molecule has 2 heterocycles. The maximum absolute atomic E-state index is 12.8. The summed E-state index contributed by atoms with van der Waals surface area (Å²) in [5.41, 5.74) is 0.242. The van der Waals surface area contributed by atoms with Crippen molar-refractivity contribution in [3.63, 3.8) is 0 Å². The van der Waals surface area contributed by atoms with Crippen LogP contribution in [-0.2, 0) is 4.79 Å². The van der Waals surface area contributed by atoms with E-state index in [2.05, 4.69) is 18.4 Å². The number of piperidine rings is 2. The minimum Gasteiger partial charge on any atom is -0.388 e. The quantitative estimate of drug-likeness (QED) is 0.815. The molecule has 1 N–H and O–H groups in total. The van der Waals surface area contributed by atoms with Gasteiger partial charge in [-0.3, -0.25) is 4.79 Å². The first-order chi connectivity index (χ1) is 10.5. The molecule has 22 heavy (non-hydrogen) atoms. The Morgan fingerprint density at radius 2 is 2.18 bits per heavy atom. The average molecular weight is 302 g/mol. The number of aliphatic hydroxyl groups is 1. The van der Waals surface area contributed by atoms with E-state index in [0.717, 1.165) is 25.7 Å². The lowest BCUT2D eigenvalue weighted by atomic mass is 9.67. The van der Waals surface area contributed by atoms with Crippen molar-refractivity contribution >= 4 is 5.91 Å². The monoisotopic (exact) mass is 302 g/mol. The first-order valence-electron chi connectivity index (χ1n) is 8.58. The minimum atomic E-state index is -0.822. The van der Waals surface area contributed by atoms with Crippen LogP contribution in [0.15, 0.2) is 12.2 Å². The third kappa shape index (κ3) is 2.27. The van der Waals surface area contributed by atoms with E-state index >= 15 is 0 Å². The van der Waals surface area contributed by atoms with Gasteiger partial charge >= 0.3 is 0 Å². The highest BCUT2D eigenvalue weighted by Crippen LogP contribution is 2.54. The largest absolute Gasteiger partial charge is 0.388 e. The molecule has 3 aliphatic rings. The number of carbonyl (C=O) groups excluding carboxylic acids is 1. The van der Waals surface area contributed by atoms with Crippen LogP contribution >= 0.6 is 0 Å². The minimum absolute atomic E-state index is 0.0331. The van der Waals surface area contributed by atoms with Gasteiger partial charge in [-0.2, -0.15) is 5.26 Å². The van der Waals surface area contributed by atoms with Crippen molar-refractivity contribution in [3.05, 3.63) is 12.2 Å². The first-order valence-corrected chi connectivity index (χ1v) is 8.58. The third-order valence-electron chi connectivity index (χ3n) is 6.30.